The fourth-order valence-corrected chi connectivity index (χ4v) is 1.16. The summed E-state index contributed by atoms with van der Waals surface area (Å²) >= 11 is 9.06. The summed E-state index contributed by atoms with van der Waals surface area (Å²) in [5.41, 5.74) is 1.16. The van der Waals surface area contributed by atoms with E-state index >= 15 is 0 Å². The maximum absolute atomic E-state index is 11.7. The molecule has 16 heavy (non-hydrogen) atoms. The number of nitrogens with zero attached hydrogens (tertiary/aromatic N) is 1. The van der Waals surface area contributed by atoms with Gasteiger partial charge in [-0.2, -0.15) is 5.26 Å². The van der Waals surface area contributed by atoms with Gasteiger partial charge < -0.3 is 5.32 Å². The third kappa shape index (κ3) is 3.22. The minimum Gasteiger partial charge on any atom is -0.324 e. The lowest BCUT2D eigenvalue weighted by atomic mass is 10.2. The number of halogens is 2. The summed E-state index contributed by atoms with van der Waals surface area (Å²) in [5, 5.41) is 11.3. The van der Waals surface area contributed by atoms with Crippen molar-refractivity contribution < 1.29 is 4.79 Å². The molecular formula is C11H10BrClN2O. The topological polar surface area (TPSA) is 52.9 Å². The number of hydrogen-bond acceptors (Lipinski definition) is 2. The number of rotatable bonds is 3. The van der Waals surface area contributed by atoms with Gasteiger partial charge in [-0.25, -0.2) is 0 Å². The number of anilines is 1. The zero-order valence-corrected chi connectivity index (χ0v) is 11.0. The van der Waals surface area contributed by atoms with Crippen LogP contribution in [0.4, 0.5) is 5.69 Å². The van der Waals surface area contributed by atoms with Crippen LogP contribution in [-0.2, 0) is 4.79 Å². The van der Waals surface area contributed by atoms with Crippen molar-refractivity contribution in [1.82, 2.24) is 0 Å². The standard InChI is InChI=1S/C11H10BrClN2O/c1-2-11(12,13)10(16)15-9-5-3-8(7-14)4-6-9/h3-6H,2H2,1H3,(H,15,16). The number of benzene rings is 1. The van der Waals surface area contributed by atoms with E-state index in [2.05, 4.69) is 21.2 Å². The van der Waals surface area contributed by atoms with Crippen LogP contribution in [0.3, 0.4) is 0 Å². The molecule has 5 heteroatoms. The lowest BCUT2D eigenvalue weighted by Gasteiger charge is -2.16. The molecule has 0 fully saturated rings. The average molecular weight is 302 g/mol. The molecule has 0 aromatic heterocycles. The van der Waals surface area contributed by atoms with E-state index in [1.165, 1.54) is 0 Å². The average Bonchev–Trinajstić information content (AvgIpc) is 2.30. The van der Waals surface area contributed by atoms with Gasteiger partial charge in [-0.05, 0) is 30.7 Å². The highest BCUT2D eigenvalue weighted by Gasteiger charge is 2.30. The first-order chi connectivity index (χ1) is 7.49. The first-order valence-corrected chi connectivity index (χ1v) is 5.86. The number of amides is 1. The van der Waals surface area contributed by atoms with E-state index in [-0.39, 0.29) is 5.91 Å². The van der Waals surface area contributed by atoms with Crippen LogP contribution in [0.15, 0.2) is 24.3 Å². The van der Waals surface area contributed by atoms with Crippen LogP contribution in [-0.4, -0.2) is 9.69 Å². The zero-order chi connectivity index (χ0) is 12.2. The second-order valence-corrected chi connectivity index (χ2v) is 5.66. The summed E-state index contributed by atoms with van der Waals surface area (Å²) in [6, 6.07) is 8.58. The van der Waals surface area contributed by atoms with Crippen LogP contribution in [0.2, 0.25) is 0 Å². The van der Waals surface area contributed by atoms with Gasteiger partial charge in [0.1, 0.15) is 0 Å². The van der Waals surface area contributed by atoms with Crippen molar-refractivity contribution in [1.29, 1.82) is 5.26 Å². The van der Waals surface area contributed by atoms with E-state index < -0.39 is 3.78 Å². The monoisotopic (exact) mass is 300 g/mol. The zero-order valence-electron chi connectivity index (χ0n) is 8.63. The van der Waals surface area contributed by atoms with Crippen molar-refractivity contribution in [2.75, 3.05) is 5.32 Å². The van der Waals surface area contributed by atoms with Gasteiger partial charge in [-0.3, -0.25) is 4.79 Å². The molecule has 0 aliphatic carbocycles. The molecule has 0 heterocycles. The van der Waals surface area contributed by atoms with E-state index in [9.17, 15) is 4.79 Å². The van der Waals surface area contributed by atoms with Crippen molar-refractivity contribution in [2.24, 2.45) is 0 Å². The van der Waals surface area contributed by atoms with Crippen LogP contribution in [0, 0.1) is 11.3 Å². The first kappa shape index (κ1) is 13.0. The summed E-state index contributed by atoms with van der Waals surface area (Å²) in [6.07, 6.45) is 0.469. The Balaban J connectivity index is 2.75. The Bertz CT molecular complexity index is 423. The van der Waals surface area contributed by atoms with Gasteiger partial charge in [-0.1, -0.05) is 34.5 Å². The predicted octanol–water partition coefficient (Wildman–Crippen LogP) is 3.24. The van der Waals surface area contributed by atoms with Crippen LogP contribution in [0.5, 0.6) is 0 Å². The van der Waals surface area contributed by atoms with E-state index in [1.807, 2.05) is 6.07 Å². The molecule has 1 rings (SSSR count). The Labute approximate surface area is 108 Å². The van der Waals surface area contributed by atoms with E-state index in [4.69, 9.17) is 16.9 Å². The molecule has 84 valence electrons. The summed E-state index contributed by atoms with van der Waals surface area (Å²) < 4.78 is -1.08. The summed E-state index contributed by atoms with van der Waals surface area (Å²) in [7, 11) is 0. The molecule has 0 bridgehead atoms. The van der Waals surface area contributed by atoms with Gasteiger partial charge in [0.25, 0.3) is 5.91 Å². The molecule has 1 amide bonds. The minimum atomic E-state index is -1.08. The maximum atomic E-state index is 11.7. The Morgan fingerprint density at radius 2 is 2.12 bits per heavy atom. The quantitative estimate of drug-likeness (QED) is 0.871. The largest absolute Gasteiger partial charge is 0.324 e. The highest BCUT2D eigenvalue weighted by Crippen LogP contribution is 2.29. The Morgan fingerprint density at radius 3 is 2.56 bits per heavy atom. The second-order valence-electron chi connectivity index (χ2n) is 3.20. The van der Waals surface area contributed by atoms with Gasteiger partial charge in [-0.15, -0.1) is 0 Å². The normalized spacial score (nSPS) is 13.6. The molecule has 0 radical (unpaired) electrons. The van der Waals surface area contributed by atoms with Gasteiger partial charge in [0.15, 0.2) is 3.78 Å². The van der Waals surface area contributed by atoms with Crippen molar-refractivity contribution in [2.45, 2.75) is 17.1 Å². The predicted molar refractivity (Wildman–Crippen MR) is 67.6 cm³/mol. The number of carbonyl (C=O) groups excluding carboxylic acids is 1. The summed E-state index contributed by atoms with van der Waals surface area (Å²) in [5.74, 6) is -0.318. The number of carbonyl (C=O) groups is 1. The number of alkyl halides is 2. The van der Waals surface area contributed by atoms with Crippen LogP contribution < -0.4 is 5.32 Å². The van der Waals surface area contributed by atoms with Crippen LogP contribution in [0.25, 0.3) is 0 Å². The molecule has 0 aliphatic heterocycles. The van der Waals surface area contributed by atoms with Crippen molar-refractivity contribution in [3.05, 3.63) is 29.8 Å². The number of nitriles is 1. The molecule has 0 spiro atoms. The molecule has 1 unspecified atom stereocenters. The lowest BCUT2D eigenvalue weighted by Crippen LogP contribution is -2.31. The Kier molecular flexibility index (Phi) is 4.34. The van der Waals surface area contributed by atoms with Crippen molar-refractivity contribution in [3.8, 4) is 6.07 Å². The van der Waals surface area contributed by atoms with E-state index in [0.717, 1.165) is 0 Å². The van der Waals surface area contributed by atoms with Gasteiger partial charge in [0.2, 0.25) is 0 Å². The highest BCUT2D eigenvalue weighted by molar-refractivity contribution is 9.10. The van der Waals surface area contributed by atoms with Crippen molar-refractivity contribution >= 4 is 39.1 Å². The second kappa shape index (κ2) is 5.33. The fraction of sp³-hybridized carbons (Fsp3) is 0.273. The Hall–Kier alpha value is -1.05. The minimum absolute atomic E-state index is 0.318. The summed E-state index contributed by atoms with van der Waals surface area (Å²) in [4.78, 5) is 11.7. The molecule has 1 atom stereocenters. The molecule has 3 nitrogen and oxygen atoms in total. The van der Waals surface area contributed by atoms with Gasteiger partial charge in [0.05, 0.1) is 11.6 Å². The SMILES string of the molecule is CCC(Cl)(Br)C(=O)Nc1ccc(C#N)cc1. The third-order valence-corrected chi connectivity index (χ3v) is 3.41. The van der Waals surface area contributed by atoms with Crippen LogP contribution in [0.1, 0.15) is 18.9 Å². The smallest absolute Gasteiger partial charge is 0.256 e. The number of nitrogens with one attached hydrogen (secondary N) is 1. The van der Waals surface area contributed by atoms with Crippen molar-refractivity contribution in [3.63, 3.8) is 0 Å². The van der Waals surface area contributed by atoms with E-state index in [0.29, 0.717) is 17.7 Å². The van der Waals surface area contributed by atoms with E-state index in [1.54, 1.807) is 31.2 Å². The fourth-order valence-electron chi connectivity index (χ4n) is 1.01. The van der Waals surface area contributed by atoms with Crippen LogP contribution >= 0.6 is 27.5 Å². The molecule has 1 N–H and O–H groups in total. The summed E-state index contributed by atoms with van der Waals surface area (Å²) in [6.45, 7) is 1.81. The molecule has 1 aromatic carbocycles. The molecule has 0 saturated heterocycles. The molecule has 0 saturated carbocycles. The first-order valence-electron chi connectivity index (χ1n) is 4.69. The number of hydrogen-bond donors (Lipinski definition) is 1. The molecular weight excluding hydrogens is 291 g/mol. The van der Waals surface area contributed by atoms with Gasteiger partial charge >= 0.3 is 0 Å². The lowest BCUT2D eigenvalue weighted by molar-refractivity contribution is -0.116. The highest BCUT2D eigenvalue weighted by atomic mass is 79.9. The Morgan fingerprint density at radius 1 is 1.56 bits per heavy atom. The molecule has 0 aliphatic rings. The van der Waals surface area contributed by atoms with Gasteiger partial charge in [0, 0.05) is 5.69 Å². The maximum Gasteiger partial charge on any atom is 0.256 e. The molecule has 1 aromatic rings. The third-order valence-electron chi connectivity index (χ3n) is 2.05.